The van der Waals surface area contributed by atoms with Gasteiger partial charge in [-0.05, 0) is 23.6 Å². The highest BCUT2D eigenvalue weighted by Gasteiger charge is 2.16. The lowest BCUT2D eigenvalue weighted by molar-refractivity contribution is -0.115. The van der Waals surface area contributed by atoms with Crippen LogP contribution >= 0.6 is 0 Å². The Labute approximate surface area is 153 Å². The highest BCUT2D eigenvalue weighted by molar-refractivity contribution is 6.04. The molecule has 0 aromatic heterocycles. The van der Waals surface area contributed by atoms with Crippen molar-refractivity contribution >= 4 is 28.3 Å². The third kappa shape index (κ3) is 4.58. The maximum atomic E-state index is 12.4. The number of hydrogen-bond acceptors (Lipinski definition) is 3. The molecule has 3 aromatic carbocycles. The van der Waals surface area contributed by atoms with Crippen LogP contribution in [0.5, 0.6) is 5.75 Å². The molecule has 138 valence electrons. The summed E-state index contributed by atoms with van der Waals surface area (Å²) in [6.07, 6.45) is 0. The first-order chi connectivity index (χ1) is 13.0. The summed E-state index contributed by atoms with van der Waals surface area (Å²) in [6.45, 7) is -3.36. The van der Waals surface area contributed by atoms with Crippen LogP contribution in [0.2, 0.25) is 0 Å². The molecule has 0 atom stereocenters. The van der Waals surface area contributed by atoms with Crippen molar-refractivity contribution in [2.75, 3.05) is 11.9 Å². The SMILES string of the molecule is O=C(CNC(=O)c1ccccc1OC(F)F)Nc1cccc2ccccc12. The van der Waals surface area contributed by atoms with E-state index in [0.29, 0.717) is 5.69 Å². The van der Waals surface area contributed by atoms with Crippen molar-refractivity contribution < 1.29 is 23.1 Å². The number of carbonyl (C=O) groups is 2. The molecular weight excluding hydrogens is 354 g/mol. The quantitative estimate of drug-likeness (QED) is 0.693. The fourth-order valence-corrected chi connectivity index (χ4v) is 2.64. The molecule has 5 nitrogen and oxygen atoms in total. The zero-order chi connectivity index (χ0) is 19.2. The molecule has 0 bridgehead atoms. The molecule has 0 saturated carbocycles. The van der Waals surface area contributed by atoms with E-state index < -0.39 is 18.4 Å². The number of anilines is 1. The first-order valence-corrected chi connectivity index (χ1v) is 8.14. The molecule has 3 aromatic rings. The normalized spacial score (nSPS) is 10.6. The van der Waals surface area contributed by atoms with Crippen LogP contribution in [-0.4, -0.2) is 25.0 Å². The number of amides is 2. The van der Waals surface area contributed by atoms with Gasteiger partial charge in [0.1, 0.15) is 5.75 Å². The van der Waals surface area contributed by atoms with Crippen molar-refractivity contribution in [2.45, 2.75) is 6.61 Å². The van der Waals surface area contributed by atoms with E-state index in [2.05, 4.69) is 15.4 Å². The van der Waals surface area contributed by atoms with Gasteiger partial charge in [0, 0.05) is 11.1 Å². The zero-order valence-corrected chi connectivity index (χ0v) is 14.1. The first-order valence-electron chi connectivity index (χ1n) is 8.14. The maximum Gasteiger partial charge on any atom is 0.387 e. The summed E-state index contributed by atoms with van der Waals surface area (Å²) in [5.74, 6) is -1.37. The van der Waals surface area contributed by atoms with E-state index in [9.17, 15) is 18.4 Å². The maximum absolute atomic E-state index is 12.4. The Morgan fingerprint density at radius 2 is 1.63 bits per heavy atom. The smallest absolute Gasteiger partial charge is 0.387 e. The Hall–Kier alpha value is -3.48. The molecule has 0 saturated heterocycles. The Morgan fingerprint density at radius 3 is 2.44 bits per heavy atom. The summed E-state index contributed by atoms with van der Waals surface area (Å²) in [6, 6.07) is 18.6. The van der Waals surface area contributed by atoms with Crippen LogP contribution < -0.4 is 15.4 Å². The van der Waals surface area contributed by atoms with Crippen molar-refractivity contribution in [3.8, 4) is 5.75 Å². The van der Waals surface area contributed by atoms with Crippen molar-refractivity contribution in [3.63, 3.8) is 0 Å². The molecule has 27 heavy (non-hydrogen) atoms. The van der Waals surface area contributed by atoms with Gasteiger partial charge in [-0.3, -0.25) is 9.59 Å². The van der Waals surface area contributed by atoms with E-state index in [1.54, 1.807) is 6.07 Å². The highest BCUT2D eigenvalue weighted by Crippen LogP contribution is 2.23. The Balaban J connectivity index is 1.65. The van der Waals surface area contributed by atoms with Gasteiger partial charge in [-0.25, -0.2) is 0 Å². The Bertz CT molecular complexity index is 971. The van der Waals surface area contributed by atoms with E-state index in [4.69, 9.17) is 0 Å². The summed E-state index contributed by atoms with van der Waals surface area (Å²) in [7, 11) is 0. The number of halogens is 2. The van der Waals surface area contributed by atoms with Gasteiger partial charge in [0.25, 0.3) is 5.91 Å². The lowest BCUT2D eigenvalue weighted by atomic mass is 10.1. The van der Waals surface area contributed by atoms with Gasteiger partial charge in [0.05, 0.1) is 12.1 Å². The number of carbonyl (C=O) groups excluding carboxylic acids is 2. The van der Waals surface area contributed by atoms with E-state index in [0.717, 1.165) is 10.8 Å². The Kier molecular flexibility index (Phi) is 5.61. The summed E-state index contributed by atoms with van der Waals surface area (Å²) < 4.78 is 29.2. The number of para-hydroxylation sites is 1. The molecule has 7 heteroatoms. The second-order valence-electron chi connectivity index (χ2n) is 5.63. The average Bonchev–Trinajstić information content (AvgIpc) is 2.66. The Morgan fingerprint density at radius 1 is 0.926 bits per heavy atom. The minimum absolute atomic E-state index is 0.0734. The molecule has 0 spiro atoms. The van der Waals surface area contributed by atoms with E-state index in [1.165, 1.54) is 24.3 Å². The molecule has 3 rings (SSSR count). The third-order valence-corrected chi connectivity index (χ3v) is 3.82. The lowest BCUT2D eigenvalue weighted by Gasteiger charge is -2.12. The lowest BCUT2D eigenvalue weighted by Crippen LogP contribution is -2.33. The molecule has 2 amide bonds. The third-order valence-electron chi connectivity index (χ3n) is 3.82. The summed E-state index contributed by atoms with van der Waals surface area (Å²) in [4.78, 5) is 24.4. The predicted octanol–water partition coefficient (Wildman–Crippen LogP) is 3.81. The predicted molar refractivity (Wildman–Crippen MR) is 98.0 cm³/mol. The number of rotatable bonds is 6. The second-order valence-corrected chi connectivity index (χ2v) is 5.63. The molecular formula is C20H16F2N2O3. The fourth-order valence-electron chi connectivity index (χ4n) is 2.64. The van der Waals surface area contributed by atoms with Crippen molar-refractivity contribution in [1.29, 1.82) is 0 Å². The van der Waals surface area contributed by atoms with Gasteiger partial charge in [0.15, 0.2) is 0 Å². The van der Waals surface area contributed by atoms with Crippen LogP contribution in [-0.2, 0) is 4.79 Å². The van der Waals surface area contributed by atoms with Crippen LogP contribution in [0.1, 0.15) is 10.4 Å². The molecule has 0 unspecified atom stereocenters. The van der Waals surface area contributed by atoms with Crippen LogP contribution in [0.4, 0.5) is 14.5 Å². The van der Waals surface area contributed by atoms with Crippen molar-refractivity contribution in [1.82, 2.24) is 5.32 Å². The van der Waals surface area contributed by atoms with Gasteiger partial charge >= 0.3 is 6.61 Å². The van der Waals surface area contributed by atoms with Crippen molar-refractivity contribution in [2.24, 2.45) is 0 Å². The van der Waals surface area contributed by atoms with Gasteiger partial charge in [0.2, 0.25) is 5.91 Å². The molecule has 0 radical (unpaired) electrons. The topological polar surface area (TPSA) is 67.4 Å². The van der Waals surface area contributed by atoms with Gasteiger partial charge in [-0.1, -0.05) is 48.5 Å². The number of nitrogens with one attached hydrogen (secondary N) is 2. The number of hydrogen-bond donors (Lipinski definition) is 2. The largest absolute Gasteiger partial charge is 0.434 e. The molecule has 0 fully saturated rings. The van der Waals surface area contributed by atoms with E-state index >= 15 is 0 Å². The number of fused-ring (bicyclic) bond motifs is 1. The number of benzene rings is 3. The minimum Gasteiger partial charge on any atom is -0.434 e. The average molecular weight is 370 g/mol. The summed E-state index contributed by atoms with van der Waals surface area (Å²) in [5, 5.41) is 6.98. The highest BCUT2D eigenvalue weighted by atomic mass is 19.3. The van der Waals surface area contributed by atoms with Crippen molar-refractivity contribution in [3.05, 3.63) is 72.3 Å². The van der Waals surface area contributed by atoms with E-state index in [1.807, 2.05) is 36.4 Å². The minimum atomic E-state index is -3.05. The first kappa shape index (κ1) is 18.3. The van der Waals surface area contributed by atoms with Gasteiger partial charge in [-0.15, -0.1) is 0 Å². The molecule has 0 aliphatic rings. The van der Waals surface area contributed by atoms with Gasteiger partial charge < -0.3 is 15.4 Å². The number of alkyl halides is 2. The molecule has 0 aliphatic heterocycles. The summed E-state index contributed by atoms with van der Waals surface area (Å²) >= 11 is 0. The number of ether oxygens (including phenoxy) is 1. The zero-order valence-electron chi connectivity index (χ0n) is 14.1. The monoisotopic (exact) mass is 370 g/mol. The van der Waals surface area contributed by atoms with Crippen LogP contribution in [0, 0.1) is 0 Å². The molecule has 0 aliphatic carbocycles. The molecule has 2 N–H and O–H groups in total. The van der Waals surface area contributed by atoms with Crippen LogP contribution in [0.3, 0.4) is 0 Å². The standard InChI is InChI=1S/C20H16F2N2O3/c21-20(22)27-17-11-4-3-9-15(17)19(26)23-12-18(25)24-16-10-5-7-13-6-1-2-8-14(13)16/h1-11,20H,12H2,(H,23,26)(H,24,25). The molecule has 0 heterocycles. The van der Waals surface area contributed by atoms with Crippen LogP contribution in [0.25, 0.3) is 10.8 Å². The summed E-state index contributed by atoms with van der Waals surface area (Å²) in [5.41, 5.74) is 0.546. The fraction of sp³-hybridized carbons (Fsp3) is 0.100. The van der Waals surface area contributed by atoms with Gasteiger partial charge in [-0.2, -0.15) is 8.78 Å². The second kappa shape index (κ2) is 8.27. The van der Waals surface area contributed by atoms with E-state index in [-0.39, 0.29) is 17.9 Å². The van der Waals surface area contributed by atoms with Crippen LogP contribution in [0.15, 0.2) is 66.7 Å².